The molecule has 10 nitrogen and oxygen atoms in total. The summed E-state index contributed by atoms with van der Waals surface area (Å²) in [5.74, 6) is -5.33. The number of carboxylic acid groups (broad SMARTS) is 2. The number of hydrogen-bond donors (Lipinski definition) is 2. The number of benzene rings is 3. The maximum absolute atomic E-state index is 12.6. The van der Waals surface area contributed by atoms with E-state index in [0.29, 0.717) is 5.78 Å². The molecular formula is C34H37NO9. The molecule has 3 aromatic carbocycles. The van der Waals surface area contributed by atoms with Gasteiger partial charge in [-0.2, -0.15) is 0 Å². The predicted octanol–water partition coefficient (Wildman–Crippen LogP) is 5.05. The molecule has 3 atom stereocenters. The van der Waals surface area contributed by atoms with Gasteiger partial charge in [0, 0.05) is 5.56 Å². The minimum Gasteiger partial charge on any atom is -0.478 e. The van der Waals surface area contributed by atoms with Crippen molar-refractivity contribution in [2.45, 2.75) is 57.8 Å². The third kappa shape index (κ3) is 9.60. The van der Waals surface area contributed by atoms with Gasteiger partial charge in [0.05, 0.1) is 17.2 Å². The standard InChI is InChI=1S/C18H14O8.C16H23NO/c19-15(20)13(25-17(23)11-7-3-1-4-8-11)14(16(21)22)26-18(24)12-9-5-2-6-10-12;1-3-6-15(17-11-4-5-12-17)16(18)14-9-7-13(2)8-10-14/h1-10,13-14H,(H,19,20)(H,21,22);7-10,15H,3-6,11-12H2,1-2H3. The fourth-order valence-corrected chi connectivity index (χ4v) is 4.72. The number of rotatable bonds is 12. The van der Waals surface area contributed by atoms with Crippen LogP contribution in [0.3, 0.4) is 0 Å². The van der Waals surface area contributed by atoms with E-state index in [1.807, 2.05) is 24.3 Å². The highest BCUT2D eigenvalue weighted by Crippen LogP contribution is 2.20. The summed E-state index contributed by atoms with van der Waals surface area (Å²) in [4.78, 5) is 61.8. The van der Waals surface area contributed by atoms with Crippen LogP contribution in [0, 0.1) is 6.92 Å². The highest BCUT2D eigenvalue weighted by molar-refractivity contribution is 6.00. The maximum Gasteiger partial charge on any atom is 0.349 e. The molecule has 0 saturated carbocycles. The zero-order valence-electron chi connectivity index (χ0n) is 24.8. The van der Waals surface area contributed by atoms with Gasteiger partial charge in [0.2, 0.25) is 12.2 Å². The molecule has 232 valence electrons. The molecule has 1 heterocycles. The Hall–Kier alpha value is -4.83. The third-order valence-corrected chi connectivity index (χ3v) is 7.03. The first-order chi connectivity index (χ1) is 21.1. The van der Waals surface area contributed by atoms with Crippen molar-refractivity contribution in [3.63, 3.8) is 0 Å². The van der Waals surface area contributed by atoms with E-state index in [0.717, 1.165) is 31.5 Å². The number of aryl methyl sites for hydroxylation is 1. The number of Topliss-reactive ketones (excluding diaryl/α,β-unsaturated/α-hetero) is 1. The van der Waals surface area contributed by atoms with Gasteiger partial charge < -0.3 is 19.7 Å². The van der Waals surface area contributed by atoms with Gasteiger partial charge in [-0.15, -0.1) is 0 Å². The van der Waals surface area contributed by atoms with E-state index < -0.39 is 36.1 Å². The average molecular weight is 604 g/mol. The van der Waals surface area contributed by atoms with Gasteiger partial charge >= 0.3 is 23.9 Å². The molecule has 44 heavy (non-hydrogen) atoms. The summed E-state index contributed by atoms with van der Waals surface area (Å²) >= 11 is 0. The van der Waals surface area contributed by atoms with E-state index in [4.69, 9.17) is 9.47 Å². The summed E-state index contributed by atoms with van der Waals surface area (Å²) in [7, 11) is 0. The molecule has 0 radical (unpaired) electrons. The van der Waals surface area contributed by atoms with Crippen molar-refractivity contribution < 1.29 is 43.7 Å². The fourth-order valence-electron chi connectivity index (χ4n) is 4.72. The lowest BCUT2D eigenvalue weighted by Gasteiger charge is -2.26. The first-order valence-electron chi connectivity index (χ1n) is 14.4. The van der Waals surface area contributed by atoms with Crippen molar-refractivity contribution in [1.82, 2.24) is 4.90 Å². The number of nitrogens with zero attached hydrogens (tertiary/aromatic N) is 1. The number of carbonyl (C=O) groups is 5. The molecule has 1 aliphatic rings. The number of ether oxygens (including phenoxy) is 2. The van der Waals surface area contributed by atoms with Crippen LogP contribution in [-0.4, -0.2) is 76.1 Å². The van der Waals surface area contributed by atoms with Crippen molar-refractivity contribution in [3.8, 4) is 0 Å². The van der Waals surface area contributed by atoms with Gasteiger partial charge in [0.1, 0.15) is 0 Å². The van der Waals surface area contributed by atoms with Crippen molar-refractivity contribution in [1.29, 1.82) is 0 Å². The van der Waals surface area contributed by atoms with Gasteiger partial charge in [-0.05, 0) is 63.5 Å². The van der Waals surface area contributed by atoms with E-state index in [1.165, 1.54) is 66.9 Å². The lowest BCUT2D eigenvalue weighted by Crippen LogP contribution is -2.45. The van der Waals surface area contributed by atoms with E-state index in [9.17, 15) is 34.2 Å². The van der Waals surface area contributed by atoms with Gasteiger partial charge in [-0.25, -0.2) is 19.2 Å². The van der Waals surface area contributed by atoms with Crippen molar-refractivity contribution in [3.05, 3.63) is 107 Å². The second-order valence-electron chi connectivity index (χ2n) is 10.3. The van der Waals surface area contributed by atoms with Crippen LogP contribution >= 0.6 is 0 Å². The smallest absolute Gasteiger partial charge is 0.349 e. The molecule has 0 aliphatic carbocycles. The summed E-state index contributed by atoms with van der Waals surface area (Å²) in [6.07, 6.45) is 0.0922. The molecule has 3 aromatic rings. The molecule has 4 rings (SSSR count). The van der Waals surface area contributed by atoms with Gasteiger partial charge in [-0.1, -0.05) is 79.6 Å². The van der Waals surface area contributed by atoms with Crippen LogP contribution in [0.15, 0.2) is 84.9 Å². The van der Waals surface area contributed by atoms with Crippen LogP contribution < -0.4 is 0 Å². The molecule has 2 N–H and O–H groups in total. The van der Waals surface area contributed by atoms with Gasteiger partial charge in [0.25, 0.3) is 0 Å². The Morgan fingerprint density at radius 1 is 0.682 bits per heavy atom. The molecule has 1 fully saturated rings. The van der Waals surface area contributed by atoms with Crippen LogP contribution in [-0.2, 0) is 19.1 Å². The molecule has 0 aromatic heterocycles. The van der Waals surface area contributed by atoms with Crippen LogP contribution in [0.25, 0.3) is 0 Å². The average Bonchev–Trinajstić information content (AvgIpc) is 3.57. The zero-order chi connectivity index (χ0) is 32.1. The van der Waals surface area contributed by atoms with Gasteiger partial charge in [-0.3, -0.25) is 9.69 Å². The summed E-state index contributed by atoms with van der Waals surface area (Å²) in [5, 5.41) is 18.5. The number of carboxylic acids is 2. The Morgan fingerprint density at radius 2 is 1.11 bits per heavy atom. The molecule has 0 bridgehead atoms. The number of ketones is 1. The molecule has 1 saturated heterocycles. The third-order valence-electron chi connectivity index (χ3n) is 7.03. The van der Waals surface area contributed by atoms with E-state index in [1.54, 1.807) is 12.1 Å². The topological polar surface area (TPSA) is 148 Å². The van der Waals surface area contributed by atoms with Crippen LogP contribution in [0.2, 0.25) is 0 Å². The number of hydrogen-bond acceptors (Lipinski definition) is 8. The molecule has 0 amide bonds. The number of likely N-dealkylation sites (tertiary alicyclic amines) is 1. The van der Waals surface area contributed by atoms with Crippen LogP contribution in [0.1, 0.15) is 69.2 Å². The zero-order valence-corrected chi connectivity index (χ0v) is 24.8. The molecule has 1 aliphatic heterocycles. The summed E-state index contributed by atoms with van der Waals surface area (Å²) < 4.78 is 9.52. The summed E-state index contributed by atoms with van der Waals surface area (Å²) in [6.45, 7) is 6.38. The number of aliphatic carboxylic acids is 2. The van der Waals surface area contributed by atoms with Crippen molar-refractivity contribution in [2.24, 2.45) is 0 Å². The van der Waals surface area contributed by atoms with Gasteiger partial charge in [0.15, 0.2) is 5.78 Å². The van der Waals surface area contributed by atoms with E-state index in [2.05, 4.69) is 18.7 Å². The highest BCUT2D eigenvalue weighted by atomic mass is 16.6. The molecule has 0 spiro atoms. The Labute approximate surface area is 256 Å². The lowest BCUT2D eigenvalue weighted by atomic mass is 9.98. The first kappa shape index (κ1) is 33.7. The maximum atomic E-state index is 12.6. The lowest BCUT2D eigenvalue weighted by molar-refractivity contribution is -0.166. The Balaban J connectivity index is 0.000000257. The second kappa shape index (κ2) is 16.7. The number of esters is 2. The monoisotopic (exact) mass is 603 g/mol. The number of carbonyl (C=O) groups excluding carboxylic acids is 3. The minimum atomic E-state index is -2.21. The van der Waals surface area contributed by atoms with E-state index >= 15 is 0 Å². The Kier molecular flexibility index (Phi) is 12.8. The molecule has 3 unspecified atom stereocenters. The first-order valence-corrected chi connectivity index (χ1v) is 14.4. The Morgan fingerprint density at radius 3 is 1.50 bits per heavy atom. The van der Waals surface area contributed by atoms with Crippen molar-refractivity contribution >= 4 is 29.7 Å². The highest BCUT2D eigenvalue weighted by Gasteiger charge is 2.41. The quantitative estimate of drug-likeness (QED) is 0.213. The summed E-state index contributed by atoms with van der Waals surface area (Å²) in [6, 6.07) is 22.9. The normalized spacial score (nSPS) is 14.7. The molecular weight excluding hydrogens is 566 g/mol. The van der Waals surface area contributed by atoms with Crippen LogP contribution in [0.5, 0.6) is 0 Å². The van der Waals surface area contributed by atoms with E-state index in [-0.39, 0.29) is 17.2 Å². The van der Waals surface area contributed by atoms with Crippen LogP contribution in [0.4, 0.5) is 0 Å². The molecule has 10 heteroatoms. The van der Waals surface area contributed by atoms with Crippen molar-refractivity contribution in [2.75, 3.05) is 13.1 Å². The fraction of sp³-hybridized carbons (Fsp3) is 0.324. The Bertz CT molecular complexity index is 1330. The second-order valence-corrected chi connectivity index (χ2v) is 10.3. The SMILES string of the molecule is CCCC(C(=O)c1ccc(C)cc1)N1CCCC1.O=C(OC(C(=O)O)C(OC(=O)c1ccccc1)C(=O)O)c1ccccc1. The summed E-state index contributed by atoms with van der Waals surface area (Å²) in [5.41, 5.74) is 2.13. The predicted molar refractivity (Wildman–Crippen MR) is 162 cm³/mol. The minimum absolute atomic E-state index is 0.0253. The largest absolute Gasteiger partial charge is 0.478 e.